The fourth-order valence-electron chi connectivity index (χ4n) is 3.05. The predicted molar refractivity (Wildman–Crippen MR) is 58.7 cm³/mol. The summed E-state index contributed by atoms with van der Waals surface area (Å²) in [5.74, 6) is 0. The van der Waals surface area contributed by atoms with Crippen molar-refractivity contribution < 1.29 is 0 Å². The molecule has 1 heteroatoms. The molecule has 0 saturated carbocycles. The first-order valence-corrected chi connectivity index (χ1v) is 5.67. The molecular formula is C13H17N+. The van der Waals surface area contributed by atoms with Crippen LogP contribution in [-0.4, -0.2) is 19.6 Å². The maximum absolute atomic E-state index is 2.60. The van der Waals surface area contributed by atoms with Gasteiger partial charge in [-0.1, -0.05) is 30.3 Å². The molecule has 73 valence electrons. The summed E-state index contributed by atoms with van der Waals surface area (Å²) in [6, 6.07) is 11.1. The number of hydrogen-bond donors (Lipinski definition) is 0. The van der Waals surface area contributed by atoms with Crippen LogP contribution in [-0.2, 0) is 5.41 Å². The minimum absolute atomic E-state index is 0.538. The van der Waals surface area contributed by atoms with E-state index in [1.54, 1.807) is 5.56 Å². The summed E-state index contributed by atoms with van der Waals surface area (Å²) in [4.78, 5) is 2.60. The van der Waals surface area contributed by atoms with Crippen LogP contribution in [0.5, 0.6) is 0 Å². The molecule has 1 radical (unpaired) electrons. The second-order valence-electron chi connectivity index (χ2n) is 4.74. The zero-order chi connectivity index (χ0) is 9.43. The number of rotatable bonds is 1. The molecule has 2 bridgehead atoms. The van der Waals surface area contributed by atoms with Crippen molar-refractivity contribution >= 4 is 0 Å². The normalized spacial score (nSPS) is 35.9. The molecule has 3 aliphatic rings. The Labute approximate surface area is 85.7 Å². The van der Waals surface area contributed by atoms with Gasteiger partial charge in [-0.05, 0) is 5.56 Å². The van der Waals surface area contributed by atoms with Crippen LogP contribution in [0.4, 0.5) is 0 Å². The lowest BCUT2D eigenvalue weighted by atomic mass is 9.67. The summed E-state index contributed by atoms with van der Waals surface area (Å²) in [5.41, 5.74) is 2.12. The van der Waals surface area contributed by atoms with Crippen LogP contribution in [0.1, 0.15) is 24.8 Å². The Hall–Kier alpha value is -0.820. The van der Waals surface area contributed by atoms with Gasteiger partial charge in [0.1, 0.15) is 19.6 Å². The molecule has 0 atom stereocenters. The summed E-state index contributed by atoms with van der Waals surface area (Å²) >= 11 is 0. The Morgan fingerprint density at radius 3 is 2.00 bits per heavy atom. The lowest BCUT2D eigenvalue weighted by Gasteiger charge is -2.42. The highest BCUT2D eigenvalue weighted by Crippen LogP contribution is 2.41. The second-order valence-corrected chi connectivity index (χ2v) is 4.74. The van der Waals surface area contributed by atoms with Gasteiger partial charge in [0, 0.05) is 24.7 Å². The van der Waals surface area contributed by atoms with Crippen LogP contribution in [0, 0.1) is 0 Å². The monoisotopic (exact) mass is 187 g/mol. The van der Waals surface area contributed by atoms with Crippen LogP contribution in [0.2, 0.25) is 0 Å². The molecule has 3 saturated heterocycles. The van der Waals surface area contributed by atoms with E-state index in [4.69, 9.17) is 0 Å². The molecule has 4 rings (SSSR count). The molecular weight excluding hydrogens is 170 g/mol. The maximum atomic E-state index is 2.60. The van der Waals surface area contributed by atoms with Crippen LogP contribution in [0.3, 0.4) is 0 Å². The molecule has 1 nitrogen and oxygen atoms in total. The average molecular weight is 187 g/mol. The minimum Gasteiger partial charge on any atom is -0.170 e. The van der Waals surface area contributed by atoms with Gasteiger partial charge in [-0.3, -0.25) is 0 Å². The molecule has 3 fully saturated rings. The van der Waals surface area contributed by atoms with E-state index >= 15 is 0 Å². The summed E-state index contributed by atoms with van der Waals surface area (Å²) in [6.07, 6.45) is 4.12. The number of hydrogen-bond acceptors (Lipinski definition) is 1. The summed E-state index contributed by atoms with van der Waals surface area (Å²) < 4.78 is 0. The fraction of sp³-hybridized carbons (Fsp3) is 0.538. The third-order valence-electron chi connectivity index (χ3n) is 4.11. The molecule has 14 heavy (non-hydrogen) atoms. The van der Waals surface area contributed by atoms with E-state index in [1.165, 1.54) is 38.9 Å². The third-order valence-corrected chi connectivity index (χ3v) is 4.11. The van der Waals surface area contributed by atoms with E-state index in [9.17, 15) is 0 Å². The first-order chi connectivity index (χ1) is 6.89. The number of fused-ring (bicyclic) bond motifs is 3. The third kappa shape index (κ3) is 1.19. The van der Waals surface area contributed by atoms with Crippen molar-refractivity contribution in [1.82, 2.24) is 4.90 Å². The Kier molecular flexibility index (Phi) is 1.88. The SMILES string of the molecule is c1ccc(C23CC[N+](CC2)CC3)cc1. The molecule has 3 heterocycles. The first-order valence-electron chi connectivity index (χ1n) is 5.67. The van der Waals surface area contributed by atoms with Gasteiger partial charge in [0.2, 0.25) is 0 Å². The van der Waals surface area contributed by atoms with Gasteiger partial charge in [-0.2, -0.15) is 4.90 Å². The highest BCUT2D eigenvalue weighted by molar-refractivity contribution is 5.27. The molecule has 0 N–H and O–H groups in total. The van der Waals surface area contributed by atoms with Crippen molar-refractivity contribution in [3.63, 3.8) is 0 Å². The average Bonchev–Trinajstić information content (AvgIpc) is 2.33. The van der Waals surface area contributed by atoms with Gasteiger partial charge in [0.15, 0.2) is 0 Å². The molecule has 0 amide bonds. The van der Waals surface area contributed by atoms with E-state index in [0.717, 1.165) is 0 Å². The molecule has 1 aromatic carbocycles. The zero-order valence-corrected chi connectivity index (χ0v) is 8.58. The van der Waals surface area contributed by atoms with Gasteiger partial charge in [0.05, 0.1) is 0 Å². The van der Waals surface area contributed by atoms with Crippen molar-refractivity contribution in [2.75, 3.05) is 19.6 Å². The number of benzene rings is 1. The standard InChI is InChI=1S/C13H17N/c1-2-4-12(5-3-1)13-6-9-14(10-7-13)11-8-13/h1-5H,6-11H2/q+1. The van der Waals surface area contributed by atoms with Crippen LogP contribution in [0.15, 0.2) is 30.3 Å². The van der Waals surface area contributed by atoms with Gasteiger partial charge >= 0.3 is 0 Å². The predicted octanol–water partition coefficient (Wildman–Crippen LogP) is 2.26. The quantitative estimate of drug-likeness (QED) is 0.595. The molecule has 1 aromatic rings. The van der Waals surface area contributed by atoms with E-state index in [2.05, 4.69) is 35.2 Å². The van der Waals surface area contributed by atoms with Gasteiger partial charge in [-0.25, -0.2) is 0 Å². The largest absolute Gasteiger partial charge is 0.170 e. The van der Waals surface area contributed by atoms with Gasteiger partial charge < -0.3 is 0 Å². The first kappa shape index (κ1) is 8.49. The second kappa shape index (κ2) is 3.09. The Morgan fingerprint density at radius 2 is 1.43 bits per heavy atom. The molecule has 0 aliphatic carbocycles. The molecule has 0 spiro atoms. The van der Waals surface area contributed by atoms with E-state index in [0.29, 0.717) is 5.41 Å². The Bertz CT molecular complexity index is 295. The Balaban J connectivity index is 1.96. The van der Waals surface area contributed by atoms with Crippen LogP contribution in [0.25, 0.3) is 0 Å². The highest BCUT2D eigenvalue weighted by Gasteiger charge is 2.45. The van der Waals surface area contributed by atoms with E-state index in [1.807, 2.05) is 0 Å². The molecule has 0 unspecified atom stereocenters. The lowest BCUT2D eigenvalue weighted by Crippen LogP contribution is -2.53. The van der Waals surface area contributed by atoms with Crippen molar-refractivity contribution in [3.8, 4) is 0 Å². The van der Waals surface area contributed by atoms with Crippen LogP contribution >= 0.6 is 0 Å². The van der Waals surface area contributed by atoms with Crippen molar-refractivity contribution in [3.05, 3.63) is 35.9 Å². The van der Waals surface area contributed by atoms with E-state index < -0.39 is 0 Å². The van der Waals surface area contributed by atoms with Crippen LogP contribution < -0.4 is 4.90 Å². The van der Waals surface area contributed by atoms with Crippen molar-refractivity contribution in [1.29, 1.82) is 0 Å². The lowest BCUT2D eigenvalue weighted by molar-refractivity contribution is 0.150. The highest BCUT2D eigenvalue weighted by atomic mass is 15.1. The van der Waals surface area contributed by atoms with Gasteiger partial charge in [0.25, 0.3) is 0 Å². The van der Waals surface area contributed by atoms with E-state index in [-0.39, 0.29) is 0 Å². The number of nitrogens with zero attached hydrogens (tertiary/aromatic N) is 1. The fourth-order valence-corrected chi connectivity index (χ4v) is 3.05. The topological polar surface area (TPSA) is 5.90 Å². The van der Waals surface area contributed by atoms with Gasteiger partial charge in [-0.15, -0.1) is 0 Å². The van der Waals surface area contributed by atoms with Crippen molar-refractivity contribution in [2.24, 2.45) is 0 Å². The van der Waals surface area contributed by atoms with Crippen molar-refractivity contribution in [2.45, 2.75) is 24.7 Å². The summed E-state index contributed by atoms with van der Waals surface area (Å²) in [5, 5.41) is 0. The molecule has 0 aromatic heterocycles. The summed E-state index contributed by atoms with van der Waals surface area (Å²) in [6.45, 7) is 3.94. The zero-order valence-electron chi connectivity index (χ0n) is 8.58. The minimum atomic E-state index is 0.538. The smallest absolute Gasteiger partial charge is 0.123 e. The molecule has 3 aliphatic heterocycles. The summed E-state index contributed by atoms with van der Waals surface area (Å²) in [7, 11) is 0. The number of piperidine rings is 3. The Morgan fingerprint density at radius 1 is 0.857 bits per heavy atom. The maximum Gasteiger partial charge on any atom is 0.123 e.